The molecule has 0 aromatic carbocycles. The highest BCUT2D eigenvalue weighted by molar-refractivity contribution is 8.94. The van der Waals surface area contributed by atoms with Crippen LogP contribution < -0.4 is 0 Å². The minimum absolute atomic E-state index is 1.03. The summed E-state index contributed by atoms with van der Waals surface area (Å²) in [4.78, 5) is 0. The molecule has 0 unspecified atom stereocenters. The van der Waals surface area contributed by atoms with Crippen LogP contribution in [0.3, 0.4) is 0 Å². The maximum Gasteiger partial charge on any atom is 0.228 e. The summed E-state index contributed by atoms with van der Waals surface area (Å²) in [7, 11) is 4.74. The lowest BCUT2D eigenvalue weighted by atomic mass is 9.42. The lowest BCUT2D eigenvalue weighted by molar-refractivity contribution is 0.451. The van der Waals surface area contributed by atoms with Crippen molar-refractivity contribution in [1.82, 2.24) is 0 Å². The van der Waals surface area contributed by atoms with Crippen molar-refractivity contribution in [3.63, 3.8) is 0 Å². The lowest BCUT2D eigenvalue weighted by Gasteiger charge is -2.43. The van der Waals surface area contributed by atoms with Crippen LogP contribution in [-0.4, -0.2) is 12.0 Å². The Bertz CT molecular complexity index is 262. The van der Waals surface area contributed by atoms with Crippen LogP contribution in [0, 0.1) is 0 Å². The Morgan fingerprint density at radius 3 is 0.950 bits per heavy atom. The second-order valence-electron chi connectivity index (χ2n) is 7.89. The molecule has 4 rings (SSSR count). The van der Waals surface area contributed by atoms with Gasteiger partial charge in [-0.2, -0.15) is 21.3 Å². The molecule has 0 radical (unpaired) electrons. The normalized spacial score (nSPS) is 40.8. The maximum absolute atomic E-state index is 2.37. The molecule has 4 saturated heterocycles. The Morgan fingerprint density at radius 2 is 0.700 bits per heavy atom. The minimum atomic E-state index is 1.03. The lowest BCUT2D eigenvalue weighted by Crippen LogP contribution is -2.34. The summed E-state index contributed by atoms with van der Waals surface area (Å²) in [5.74, 6) is 6.41. The number of hydrogen-bond acceptors (Lipinski definition) is 2. The Morgan fingerprint density at radius 1 is 0.450 bits per heavy atom. The topological polar surface area (TPSA) is 0 Å². The first kappa shape index (κ1) is 14.4. The molecule has 0 nitrogen and oxygen atoms in total. The predicted octanol–water partition coefficient (Wildman–Crippen LogP) is 6.57. The van der Waals surface area contributed by atoms with Gasteiger partial charge in [0, 0.05) is 0 Å². The third kappa shape index (κ3) is 2.85. The summed E-state index contributed by atoms with van der Waals surface area (Å²) in [5.41, 5.74) is 0. The molecule has 0 saturated carbocycles. The van der Waals surface area contributed by atoms with Gasteiger partial charge in [-0.3, -0.25) is 0 Å². The van der Waals surface area contributed by atoms with E-state index in [1.807, 2.05) is 0 Å². The molecule has 4 heteroatoms. The van der Waals surface area contributed by atoms with E-state index in [-0.39, 0.29) is 0 Å². The maximum atomic E-state index is 2.37. The van der Waals surface area contributed by atoms with Crippen molar-refractivity contribution in [1.29, 1.82) is 0 Å². The highest BCUT2D eigenvalue weighted by Gasteiger charge is 2.44. The molecule has 4 aliphatic heterocycles. The third-order valence-corrected chi connectivity index (χ3v) is 10.5. The van der Waals surface area contributed by atoms with Gasteiger partial charge in [0.15, 0.2) is 0 Å². The van der Waals surface area contributed by atoms with Gasteiger partial charge in [-0.1, -0.05) is 100 Å². The molecule has 4 fully saturated rings. The molecule has 20 heavy (non-hydrogen) atoms. The van der Waals surface area contributed by atoms with E-state index < -0.39 is 0 Å². The SMILES string of the molecule is C1CC2CCCC(C1)B2SSB1C2CCCC1CCC2. The second-order valence-corrected chi connectivity index (χ2v) is 10.5. The fourth-order valence-corrected chi connectivity index (χ4v) is 10.3. The van der Waals surface area contributed by atoms with Gasteiger partial charge in [-0.25, -0.2) is 0 Å². The highest BCUT2D eigenvalue weighted by atomic mass is 33.1. The number of rotatable bonds is 3. The van der Waals surface area contributed by atoms with E-state index in [1.54, 1.807) is 51.4 Å². The Labute approximate surface area is 133 Å². The van der Waals surface area contributed by atoms with Crippen LogP contribution in [-0.2, 0) is 0 Å². The van der Waals surface area contributed by atoms with Crippen molar-refractivity contribution < 1.29 is 0 Å². The highest BCUT2D eigenvalue weighted by Crippen LogP contribution is 2.57. The molecular weight excluding hydrogens is 278 g/mol. The van der Waals surface area contributed by atoms with E-state index in [2.05, 4.69) is 21.3 Å². The standard InChI is InChI=1S/C16H28B2S2/c1-5-13-7-2-8-14(6-1)17(13)19-20-18-15-9-3-10-16(18)12-4-11-15/h13-16H,1-12H2. The van der Waals surface area contributed by atoms with Gasteiger partial charge >= 0.3 is 0 Å². The zero-order valence-corrected chi connectivity index (χ0v) is 14.4. The average molecular weight is 306 g/mol. The van der Waals surface area contributed by atoms with Crippen LogP contribution in [0.1, 0.15) is 77.0 Å². The monoisotopic (exact) mass is 306 g/mol. The van der Waals surface area contributed by atoms with Crippen LogP contribution in [0.4, 0.5) is 0 Å². The molecule has 4 bridgehead atoms. The molecular formula is C16H28B2S2. The van der Waals surface area contributed by atoms with Gasteiger partial charge in [-0.15, -0.1) is 0 Å². The van der Waals surface area contributed by atoms with Crippen LogP contribution in [0.5, 0.6) is 0 Å². The zero-order chi connectivity index (χ0) is 13.4. The summed E-state index contributed by atoms with van der Waals surface area (Å²) >= 11 is 0. The van der Waals surface area contributed by atoms with E-state index in [0.717, 1.165) is 35.3 Å². The van der Waals surface area contributed by atoms with Crippen LogP contribution in [0.25, 0.3) is 0 Å². The van der Waals surface area contributed by atoms with Crippen molar-refractivity contribution in [3.05, 3.63) is 0 Å². The molecule has 0 aromatic heterocycles. The molecule has 0 N–H and O–H groups in total. The van der Waals surface area contributed by atoms with Crippen molar-refractivity contribution in [3.8, 4) is 0 Å². The van der Waals surface area contributed by atoms with E-state index in [9.17, 15) is 0 Å². The molecule has 0 aromatic rings. The van der Waals surface area contributed by atoms with Gasteiger partial charge in [0.25, 0.3) is 0 Å². The fraction of sp³-hybridized carbons (Fsp3) is 1.00. The first-order chi connectivity index (χ1) is 9.92. The molecule has 0 spiro atoms. The van der Waals surface area contributed by atoms with Gasteiger partial charge in [0.1, 0.15) is 0 Å². The molecule has 0 atom stereocenters. The van der Waals surface area contributed by atoms with E-state index in [4.69, 9.17) is 0 Å². The van der Waals surface area contributed by atoms with E-state index in [1.165, 1.54) is 25.7 Å². The van der Waals surface area contributed by atoms with Gasteiger partial charge < -0.3 is 0 Å². The number of hydrogen-bond donors (Lipinski definition) is 0. The molecule has 4 heterocycles. The van der Waals surface area contributed by atoms with Crippen LogP contribution in [0.15, 0.2) is 0 Å². The smallest absolute Gasteiger partial charge is 0.157 e. The summed E-state index contributed by atoms with van der Waals surface area (Å²) in [6.45, 7) is 0. The molecule has 0 amide bonds. The van der Waals surface area contributed by atoms with Crippen molar-refractivity contribution in [2.24, 2.45) is 0 Å². The number of fused-ring (bicyclic) bond motifs is 4. The fourth-order valence-electron chi connectivity index (χ4n) is 5.67. The van der Waals surface area contributed by atoms with Gasteiger partial charge in [0.05, 0.1) is 0 Å². The summed E-state index contributed by atoms with van der Waals surface area (Å²) < 4.78 is 0. The average Bonchev–Trinajstić information content (AvgIpc) is 2.44. The largest absolute Gasteiger partial charge is 0.228 e. The Kier molecular flexibility index (Phi) is 4.70. The third-order valence-electron chi connectivity index (χ3n) is 6.74. The summed E-state index contributed by atoms with van der Waals surface area (Å²) in [6.07, 6.45) is 18.5. The summed E-state index contributed by atoms with van der Waals surface area (Å²) in [5, 5.41) is 0. The first-order valence-corrected chi connectivity index (χ1v) is 11.5. The van der Waals surface area contributed by atoms with Gasteiger partial charge in [-0.05, 0) is 0 Å². The molecule has 4 aliphatic rings. The van der Waals surface area contributed by atoms with Crippen LogP contribution >= 0.6 is 21.3 Å². The van der Waals surface area contributed by atoms with E-state index in [0.29, 0.717) is 0 Å². The van der Waals surface area contributed by atoms with Gasteiger partial charge in [0.2, 0.25) is 12.0 Å². The van der Waals surface area contributed by atoms with Crippen molar-refractivity contribution >= 4 is 33.3 Å². The summed E-state index contributed by atoms with van der Waals surface area (Å²) in [6, 6.07) is 0. The minimum Gasteiger partial charge on any atom is -0.157 e. The Hall–Kier alpha value is 0.830. The quantitative estimate of drug-likeness (QED) is 0.427. The molecule has 0 aliphatic carbocycles. The Balaban J connectivity index is 1.37. The predicted molar refractivity (Wildman–Crippen MR) is 97.1 cm³/mol. The first-order valence-electron chi connectivity index (χ1n) is 9.24. The molecule has 110 valence electrons. The van der Waals surface area contributed by atoms with Crippen molar-refractivity contribution in [2.75, 3.05) is 0 Å². The second kappa shape index (κ2) is 6.52. The zero-order valence-electron chi connectivity index (χ0n) is 12.8. The van der Waals surface area contributed by atoms with Crippen molar-refractivity contribution in [2.45, 2.75) is 100 Å². The van der Waals surface area contributed by atoms with Crippen LogP contribution in [0.2, 0.25) is 23.3 Å². The van der Waals surface area contributed by atoms with E-state index >= 15 is 0 Å².